The summed E-state index contributed by atoms with van der Waals surface area (Å²) in [6, 6.07) is 22.2. The largest absolute Gasteiger partial charge is 0.412 e. The van der Waals surface area contributed by atoms with Crippen molar-refractivity contribution in [3.05, 3.63) is 77.9 Å². The standard InChI is InChI=1S/C26H30N4O.2ClH.H2O/c1-20(31)23-8-5-9-24(18-23)25-10-11-26(29-28-25)27-15-12-21-13-16-30(17-14-21)19-22-6-3-2-4-7-22;;;/h2-11,18,21H,12-17,19H2,1H3,(H,27,29);2*1H;1H2. The third-order valence-electron chi connectivity index (χ3n) is 6.04. The summed E-state index contributed by atoms with van der Waals surface area (Å²) in [6.07, 6.45) is 3.67. The van der Waals surface area contributed by atoms with Crippen molar-refractivity contribution < 1.29 is 10.3 Å². The van der Waals surface area contributed by atoms with Gasteiger partial charge in [0, 0.05) is 24.2 Å². The van der Waals surface area contributed by atoms with Crippen molar-refractivity contribution >= 4 is 36.4 Å². The second-order valence-corrected chi connectivity index (χ2v) is 8.36. The van der Waals surface area contributed by atoms with Crippen LogP contribution >= 0.6 is 24.8 Å². The number of anilines is 1. The maximum atomic E-state index is 11.6. The number of piperidine rings is 1. The van der Waals surface area contributed by atoms with Crippen molar-refractivity contribution in [2.45, 2.75) is 32.7 Å². The number of halogens is 2. The summed E-state index contributed by atoms with van der Waals surface area (Å²) in [5.41, 5.74) is 3.78. The van der Waals surface area contributed by atoms with E-state index in [1.165, 1.54) is 31.5 Å². The highest BCUT2D eigenvalue weighted by Gasteiger charge is 2.19. The molecule has 3 N–H and O–H groups in total. The van der Waals surface area contributed by atoms with Crippen LogP contribution in [-0.4, -0.2) is 46.0 Å². The predicted octanol–water partition coefficient (Wildman–Crippen LogP) is 5.08. The first kappa shape index (κ1) is 29.5. The second-order valence-electron chi connectivity index (χ2n) is 8.36. The van der Waals surface area contributed by atoms with Crippen molar-refractivity contribution in [2.24, 2.45) is 5.92 Å². The van der Waals surface area contributed by atoms with Gasteiger partial charge in [-0.2, -0.15) is 0 Å². The molecular formula is C26H34Cl2N4O2. The highest BCUT2D eigenvalue weighted by molar-refractivity contribution is 5.95. The Bertz CT molecular complexity index is 995. The van der Waals surface area contributed by atoms with E-state index in [1.807, 2.05) is 36.4 Å². The van der Waals surface area contributed by atoms with Gasteiger partial charge in [-0.3, -0.25) is 9.69 Å². The number of hydrogen-bond acceptors (Lipinski definition) is 5. The zero-order chi connectivity index (χ0) is 21.5. The van der Waals surface area contributed by atoms with Crippen LogP contribution in [0.2, 0.25) is 0 Å². The maximum Gasteiger partial charge on any atom is 0.159 e. The van der Waals surface area contributed by atoms with E-state index >= 15 is 0 Å². The third kappa shape index (κ3) is 8.37. The molecule has 0 bridgehead atoms. The van der Waals surface area contributed by atoms with E-state index in [-0.39, 0.29) is 36.1 Å². The highest BCUT2D eigenvalue weighted by atomic mass is 35.5. The molecule has 1 aliphatic heterocycles. The minimum atomic E-state index is 0. The Labute approximate surface area is 214 Å². The number of rotatable bonds is 8. The fourth-order valence-electron chi connectivity index (χ4n) is 4.16. The van der Waals surface area contributed by atoms with Gasteiger partial charge in [0.15, 0.2) is 5.78 Å². The molecule has 2 aromatic carbocycles. The summed E-state index contributed by atoms with van der Waals surface area (Å²) in [6.45, 7) is 5.89. The van der Waals surface area contributed by atoms with Crippen molar-refractivity contribution in [1.82, 2.24) is 15.1 Å². The molecule has 6 nitrogen and oxygen atoms in total. The third-order valence-corrected chi connectivity index (χ3v) is 6.04. The molecule has 1 aliphatic rings. The second kappa shape index (κ2) is 14.7. The Morgan fingerprint density at radius 1 is 0.971 bits per heavy atom. The van der Waals surface area contributed by atoms with Crippen LogP contribution in [0.15, 0.2) is 66.7 Å². The monoisotopic (exact) mass is 504 g/mol. The van der Waals surface area contributed by atoms with E-state index in [0.29, 0.717) is 5.56 Å². The molecule has 4 rings (SSSR count). The van der Waals surface area contributed by atoms with Gasteiger partial charge in [-0.15, -0.1) is 35.0 Å². The smallest absolute Gasteiger partial charge is 0.159 e. The molecular weight excluding hydrogens is 471 g/mol. The van der Waals surface area contributed by atoms with Crippen LogP contribution in [-0.2, 0) is 6.54 Å². The summed E-state index contributed by atoms with van der Waals surface area (Å²) in [7, 11) is 0. The van der Waals surface area contributed by atoms with Crippen LogP contribution in [0.4, 0.5) is 5.82 Å². The van der Waals surface area contributed by atoms with Gasteiger partial charge >= 0.3 is 0 Å². The van der Waals surface area contributed by atoms with Gasteiger partial charge in [-0.25, -0.2) is 0 Å². The zero-order valence-electron chi connectivity index (χ0n) is 19.4. The number of nitrogens with one attached hydrogen (secondary N) is 1. The average Bonchev–Trinajstić information content (AvgIpc) is 2.81. The maximum absolute atomic E-state index is 11.6. The van der Waals surface area contributed by atoms with Crippen molar-refractivity contribution in [1.29, 1.82) is 0 Å². The topological polar surface area (TPSA) is 89.6 Å². The van der Waals surface area contributed by atoms with Gasteiger partial charge in [-0.1, -0.05) is 48.5 Å². The van der Waals surface area contributed by atoms with Crippen LogP contribution in [0.5, 0.6) is 0 Å². The van der Waals surface area contributed by atoms with Crippen LogP contribution in [0.3, 0.4) is 0 Å². The molecule has 34 heavy (non-hydrogen) atoms. The highest BCUT2D eigenvalue weighted by Crippen LogP contribution is 2.22. The number of Topliss-reactive ketones (excluding diaryl/α,β-unsaturated/α-hetero) is 1. The number of carbonyl (C=O) groups excluding carboxylic acids is 1. The van der Waals surface area contributed by atoms with Gasteiger partial charge in [0.25, 0.3) is 0 Å². The lowest BCUT2D eigenvalue weighted by atomic mass is 9.93. The average molecular weight is 505 g/mol. The first-order valence-corrected chi connectivity index (χ1v) is 11.1. The van der Waals surface area contributed by atoms with E-state index < -0.39 is 0 Å². The zero-order valence-corrected chi connectivity index (χ0v) is 21.1. The first-order chi connectivity index (χ1) is 15.2. The minimum Gasteiger partial charge on any atom is -0.412 e. The molecule has 8 heteroatoms. The number of benzene rings is 2. The van der Waals surface area contributed by atoms with Crippen molar-refractivity contribution in [3.63, 3.8) is 0 Å². The molecule has 0 radical (unpaired) electrons. The quantitative estimate of drug-likeness (QED) is 0.432. The van der Waals surface area contributed by atoms with Crippen LogP contribution in [0.25, 0.3) is 11.3 Å². The van der Waals surface area contributed by atoms with Crippen LogP contribution < -0.4 is 5.32 Å². The predicted molar refractivity (Wildman–Crippen MR) is 143 cm³/mol. The molecule has 0 saturated carbocycles. The van der Waals surface area contributed by atoms with E-state index in [9.17, 15) is 4.79 Å². The molecule has 0 aliphatic carbocycles. The van der Waals surface area contributed by atoms with Gasteiger partial charge in [0.2, 0.25) is 0 Å². The molecule has 2 heterocycles. The lowest BCUT2D eigenvalue weighted by molar-refractivity contribution is 0.101. The van der Waals surface area contributed by atoms with Gasteiger partial charge in [0.1, 0.15) is 5.82 Å². The number of ketones is 1. The molecule has 0 amide bonds. The fourth-order valence-corrected chi connectivity index (χ4v) is 4.16. The summed E-state index contributed by atoms with van der Waals surface area (Å²) >= 11 is 0. The normalized spacial score (nSPS) is 13.7. The molecule has 0 atom stereocenters. The van der Waals surface area contributed by atoms with Gasteiger partial charge in [-0.05, 0) is 69.0 Å². The fraction of sp³-hybridized carbons (Fsp3) is 0.346. The summed E-state index contributed by atoms with van der Waals surface area (Å²) in [5, 5.41) is 12.1. The van der Waals surface area contributed by atoms with E-state index in [2.05, 4.69) is 50.7 Å². The molecule has 1 saturated heterocycles. The molecule has 1 fully saturated rings. The van der Waals surface area contributed by atoms with Gasteiger partial charge < -0.3 is 10.8 Å². The number of nitrogens with zero attached hydrogens (tertiary/aromatic N) is 3. The molecule has 1 aromatic heterocycles. The first-order valence-electron chi connectivity index (χ1n) is 11.1. The molecule has 184 valence electrons. The number of likely N-dealkylation sites (tertiary alicyclic amines) is 1. The number of aromatic nitrogens is 2. The minimum absolute atomic E-state index is 0. The van der Waals surface area contributed by atoms with E-state index in [4.69, 9.17) is 0 Å². The van der Waals surface area contributed by atoms with Gasteiger partial charge in [0.05, 0.1) is 5.69 Å². The molecule has 3 aromatic rings. The van der Waals surface area contributed by atoms with Crippen molar-refractivity contribution in [3.8, 4) is 11.3 Å². The SMILES string of the molecule is CC(=O)c1cccc(-c2ccc(NCCC3CCN(Cc4ccccc4)CC3)nn2)c1.Cl.Cl.O. The number of hydrogen-bond donors (Lipinski definition) is 1. The van der Waals surface area contributed by atoms with Crippen LogP contribution in [0.1, 0.15) is 42.1 Å². The Kier molecular flexibility index (Phi) is 12.8. The summed E-state index contributed by atoms with van der Waals surface area (Å²) in [5.74, 6) is 1.62. The van der Waals surface area contributed by atoms with Crippen LogP contribution in [0, 0.1) is 5.92 Å². The molecule has 0 unspecified atom stereocenters. The summed E-state index contributed by atoms with van der Waals surface area (Å²) in [4.78, 5) is 14.1. The lowest BCUT2D eigenvalue weighted by Crippen LogP contribution is -2.33. The Morgan fingerprint density at radius 2 is 1.71 bits per heavy atom. The Balaban J connectivity index is 0.00000193. The van der Waals surface area contributed by atoms with E-state index in [0.717, 1.165) is 42.5 Å². The summed E-state index contributed by atoms with van der Waals surface area (Å²) < 4.78 is 0. The van der Waals surface area contributed by atoms with Crippen molar-refractivity contribution in [2.75, 3.05) is 25.0 Å². The number of carbonyl (C=O) groups is 1. The Morgan fingerprint density at radius 3 is 2.35 bits per heavy atom. The van der Waals surface area contributed by atoms with E-state index in [1.54, 1.807) is 6.92 Å². The Hall–Kier alpha value is -2.51. The lowest BCUT2D eigenvalue weighted by Gasteiger charge is -2.32. The molecule has 0 spiro atoms.